The van der Waals surface area contributed by atoms with Crippen molar-refractivity contribution in [1.29, 1.82) is 0 Å². The number of hydrogen-bond donors (Lipinski definition) is 3. The van der Waals surface area contributed by atoms with Gasteiger partial charge in [-0.15, -0.1) is 0 Å². The second-order valence-electron chi connectivity index (χ2n) is 4.47. The van der Waals surface area contributed by atoms with Crippen molar-refractivity contribution in [3.8, 4) is 11.1 Å². The standard InChI is InChI=1S/C15H16N2O2/c16-13-3-1-2-12(9-13)11-6-4-10(5-7-11)8-14(17)15(18)19/h1-7,9,14H,8,16-17H2,(H,18,19)/t14-/m0/s1. The van der Waals surface area contributed by atoms with E-state index in [2.05, 4.69) is 0 Å². The first kappa shape index (κ1) is 13.1. The van der Waals surface area contributed by atoms with E-state index in [1.807, 2.05) is 48.5 Å². The first-order valence-corrected chi connectivity index (χ1v) is 5.99. The quantitative estimate of drug-likeness (QED) is 0.729. The first-order chi connectivity index (χ1) is 9.06. The highest BCUT2D eigenvalue weighted by atomic mass is 16.4. The third-order valence-corrected chi connectivity index (χ3v) is 2.95. The summed E-state index contributed by atoms with van der Waals surface area (Å²) in [4.78, 5) is 10.7. The molecule has 0 unspecified atom stereocenters. The molecule has 0 spiro atoms. The van der Waals surface area contributed by atoms with Gasteiger partial charge in [-0.2, -0.15) is 0 Å². The lowest BCUT2D eigenvalue weighted by atomic mass is 10.0. The molecule has 4 nitrogen and oxygen atoms in total. The van der Waals surface area contributed by atoms with Gasteiger partial charge in [-0.05, 0) is 35.2 Å². The number of anilines is 1. The summed E-state index contributed by atoms with van der Waals surface area (Å²) in [7, 11) is 0. The highest BCUT2D eigenvalue weighted by molar-refractivity contribution is 5.73. The van der Waals surface area contributed by atoms with E-state index in [0.29, 0.717) is 6.42 Å². The van der Waals surface area contributed by atoms with Crippen molar-refractivity contribution in [3.63, 3.8) is 0 Å². The molecule has 2 aromatic carbocycles. The Morgan fingerprint density at radius 3 is 2.37 bits per heavy atom. The van der Waals surface area contributed by atoms with Gasteiger partial charge in [0.1, 0.15) is 6.04 Å². The van der Waals surface area contributed by atoms with Crippen molar-refractivity contribution in [2.75, 3.05) is 5.73 Å². The lowest BCUT2D eigenvalue weighted by molar-refractivity contribution is -0.138. The van der Waals surface area contributed by atoms with Crippen LogP contribution in [-0.2, 0) is 11.2 Å². The van der Waals surface area contributed by atoms with Gasteiger partial charge in [0.05, 0.1) is 0 Å². The number of benzene rings is 2. The van der Waals surface area contributed by atoms with Gasteiger partial charge in [-0.25, -0.2) is 0 Å². The Labute approximate surface area is 111 Å². The van der Waals surface area contributed by atoms with Gasteiger partial charge in [-0.1, -0.05) is 36.4 Å². The fourth-order valence-electron chi connectivity index (χ4n) is 1.89. The minimum absolute atomic E-state index is 0.326. The Kier molecular flexibility index (Phi) is 3.82. The molecule has 0 fully saturated rings. The summed E-state index contributed by atoms with van der Waals surface area (Å²) >= 11 is 0. The predicted molar refractivity (Wildman–Crippen MR) is 75.6 cm³/mol. The summed E-state index contributed by atoms with van der Waals surface area (Å²) in [6.45, 7) is 0. The van der Waals surface area contributed by atoms with Crippen LogP contribution >= 0.6 is 0 Å². The molecule has 0 radical (unpaired) electrons. The Morgan fingerprint density at radius 1 is 1.11 bits per heavy atom. The number of aliphatic carboxylic acids is 1. The van der Waals surface area contributed by atoms with Crippen LogP contribution in [0, 0.1) is 0 Å². The molecule has 0 aromatic heterocycles. The van der Waals surface area contributed by atoms with E-state index in [1.165, 1.54) is 0 Å². The van der Waals surface area contributed by atoms with E-state index < -0.39 is 12.0 Å². The van der Waals surface area contributed by atoms with Crippen LogP contribution in [0.25, 0.3) is 11.1 Å². The second-order valence-corrected chi connectivity index (χ2v) is 4.47. The second kappa shape index (κ2) is 5.54. The lowest BCUT2D eigenvalue weighted by Crippen LogP contribution is -2.32. The summed E-state index contributed by atoms with van der Waals surface area (Å²) < 4.78 is 0. The molecule has 4 heteroatoms. The molecule has 1 atom stereocenters. The van der Waals surface area contributed by atoms with Gasteiger partial charge in [0.15, 0.2) is 0 Å². The minimum atomic E-state index is -0.986. The van der Waals surface area contributed by atoms with E-state index in [4.69, 9.17) is 16.6 Å². The molecule has 0 saturated carbocycles. The first-order valence-electron chi connectivity index (χ1n) is 5.99. The van der Waals surface area contributed by atoms with Crippen molar-refractivity contribution in [3.05, 3.63) is 54.1 Å². The zero-order valence-electron chi connectivity index (χ0n) is 10.4. The van der Waals surface area contributed by atoms with Crippen molar-refractivity contribution in [2.24, 2.45) is 5.73 Å². The van der Waals surface area contributed by atoms with Crippen LogP contribution in [0.5, 0.6) is 0 Å². The monoisotopic (exact) mass is 256 g/mol. The maximum absolute atomic E-state index is 10.7. The van der Waals surface area contributed by atoms with E-state index in [-0.39, 0.29) is 0 Å². The molecule has 0 heterocycles. The Morgan fingerprint density at radius 2 is 1.79 bits per heavy atom. The largest absolute Gasteiger partial charge is 0.480 e. The number of hydrogen-bond acceptors (Lipinski definition) is 3. The molecule has 0 bridgehead atoms. The molecular weight excluding hydrogens is 240 g/mol. The van der Waals surface area contributed by atoms with Crippen LogP contribution in [0.1, 0.15) is 5.56 Å². The molecule has 98 valence electrons. The zero-order chi connectivity index (χ0) is 13.8. The molecule has 2 aromatic rings. The summed E-state index contributed by atoms with van der Waals surface area (Å²) in [5.74, 6) is -0.986. The molecule has 0 aliphatic carbocycles. The number of rotatable bonds is 4. The van der Waals surface area contributed by atoms with Crippen molar-refractivity contribution < 1.29 is 9.90 Å². The summed E-state index contributed by atoms with van der Waals surface area (Å²) in [6.07, 6.45) is 0.326. The van der Waals surface area contributed by atoms with Crippen molar-refractivity contribution in [1.82, 2.24) is 0 Å². The Hall–Kier alpha value is -2.33. The maximum atomic E-state index is 10.7. The van der Waals surface area contributed by atoms with E-state index in [9.17, 15) is 4.79 Å². The highest BCUT2D eigenvalue weighted by Crippen LogP contribution is 2.22. The fraction of sp³-hybridized carbons (Fsp3) is 0.133. The number of nitrogens with two attached hydrogens (primary N) is 2. The van der Waals surface area contributed by atoms with E-state index in [1.54, 1.807) is 0 Å². The molecular formula is C15H16N2O2. The summed E-state index contributed by atoms with van der Waals surface area (Å²) in [5.41, 5.74) is 14.9. The smallest absolute Gasteiger partial charge is 0.320 e. The molecule has 0 aliphatic rings. The van der Waals surface area contributed by atoms with Gasteiger partial charge < -0.3 is 16.6 Å². The SMILES string of the molecule is Nc1cccc(-c2ccc(C[C@H](N)C(=O)O)cc2)c1. The molecule has 19 heavy (non-hydrogen) atoms. The van der Waals surface area contributed by atoms with Crippen molar-refractivity contribution >= 4 is 11.7 Å². The van der Waals surface area contributed by atoms with E-state index in [0.717, 1.165) is 22.4 Å². The normalized spacial score (nSPS) is 12.1. The Bertz CT molecular complexity index is 579. The number of carboxylic acids is 1. The predicted octanol–water partition coefficient (Wildman–Crippen LogP) is 1.89. The van der Waals surface area contributed by atoms with Gasteiger partial charge in [0, 0.05) is 5.69 Å². The minimum Gasteiger partial charge on any atom is -0.480 e. The molecule has 0 saturated heterocycles. The van der Waals surface area contributed by atoms with Gasteiger partial charge in [0.25, 0.3) is 0 Å². The highest BCUT2D eigenvalue weighted by Gasteiger charge is 2.11. The van der Waals surface area contributed by atoms with Gasteiger partial charge in [0.2, 0.25) is 0 Å². The fourth-order valence-corrected chi connectivity index (χ4v) is 1.89. The lowest BCUT2D eigenvalue weighted by Gasteiger charge is -2.08. The van der Waals surface area contributed by atoms with Crippen LogP contribution < -0.4 is 11.5 Å². The maximum Gasteiger partial charge on any atom is 0.320 e. The van der Waals surface area contributed by atoms with Crippen LogP contribution in [0.4, 0.5) is 5.69 Å². The average Bonchev–Trinajstić information content (AvgIpc) is 2.39. The zero-order valence-corrected chi connectivity index (χ0v) is 10.4. The molecule has 0 amide bonds. The number of nitrogen functional groups attached to an aromatic ring is 1. The number of carbonyl (C=O) groups is 1. The average molecular weight is 256 g/mol. The van der Waals surface area contributed by atoms with Crippen LogP contribution in [0.15, 0.2) is 48.5 Å². The Balaban J connectivity index is 2.17. The van der Waals surface area contributed by atoms with Crippen LogP contribution in [0.3, 0.4) is 0 Å². The van der Waals surface area contributed by atoms with Crippen LogP contribution in [-0.4, -0.2) is 17.1 Å². The van der Waals surface area contributed by atoms with Gasteiger partial charge >= 0.3 is 5.97 Å². The number of carboxylic acid groups (broad SMARTS) is 1. The van der Waals surface area contributed by atoms with Gasteiger partial charge in [-0.3, -0.25) is 4.79 Å². The topological polar surface area (TPSA) is 89.3 Å². The van der Waals surface area contributed by atoms with Crippen molar-refractivity contribution in [2.45, 2.75) is 12.5 Å². The molecule has 0 aliphatic heterocycles. The molecule has 5 N–H and O–H groups in total. The summed E-state index contributed by atoms with van der Waals surface area (Å²) in [6, 6.07) is 14.4. The summed E-state index contributed by atoms with van der Waals surface area (Å²) in [5, 5.41) is 8.77. The molecule has 2 rings (SSSR count). The van der Waals surface area contributed by atoms with Crippen LogP contribution in [0.2, 0.25) is 0 Å². The third kappa shape index (κ3) is 3.33. The van der Waals surface area contributed by atoms with E-state index >= 15 is 0 Å². The third-order valence-electron chi connectivity index (χ3n) is 2.95.